The predicted molar refractivity (Wildman–Crippen MR) is 87.7 cm³/mol. The van der Waals surface area contributed by atoms with Crippen LogP contribution in [0.4, 0.5) is 5.69 Å². The van der Waals surface area contributed by atoms with Gasteiger partial charge < -0.3 is 9.64 Å². The van der Waals surface area contributed by atoms with Crippen molar-refractivity contribution in [1.82, 2.24) is 0 Å². The highest BCUT2D eigenvalue weighted by Gasteiger charge is 2.19. The zero-order chi connectivity index (χ0) is 15.5. The number of anilines is 1. The molecule has 0 saturated heterocycles. The number of amides is 1. The summed E-state index contributed by atoms with van der Waals surface area (Å²) in [6.45, 7) is 8.56. The Morgan fingerprint density at radius 1 is 1.10 bits per heavy atom. The quantitative estimate of drug-likeness (QED) is 0.849. The Hall–Kier alpha value is -1.87. The topological polar surface area (TPSA) is 29.5 Å². The van der Waals surface area contributed by atoms with Gasteiger partial charge in [-0.25, -0.2) is 0 Å². The minimum Gasteiger partial charge on any atom is -0.366 e. The summed E-state index contributed by atoms with van der Waals surface area (Å²) in [5, 5.41) is 2.23. The number of nitrogens with zero attached hydrogens (tertiary/aromatic N) is 1. The maximum absolute atomic E-state index is 12.5. The molecular formula is C18H23NO2. The van der Waals surface area contributed by atoms with Gasteiger partial charge in [-0.2, -0.15) is 0 Å². The molecule has 0 heterocycles. The molecular weight excluding hydrogens is 262 g/mol. The second-order valence-corrected chi connectivity index (χ2v) is 6.04. The summed E-state index contributed by atoms with van der Waals surface area (Å²) in [6, 6.07) is 14.1. The van der Waals surface area contributed by atoms with E-state index in [1.807, 2.05) is 58.0 Å². The lowest BCUT2D eigenvalue weighted by Crippen LogP contribution is -2.36. The fourth-order valence-electron chi connectivity index (χ4n) is 2.28. The van der Waals surface area contributed by atoms with Gasteiger partial charge in [0, 0.05) is 11.9 Å². The SMILES string of the molecule is CCN(C(=O)COC(C)(C)C)c1cccc2ccccc12. The van der Waals surface area contributed by atoms with Gasteiger partial charge in [0.1, 0.15) is 6.61 Å². The van der Waals surface area contributed by atoms with E-state index in [0.717, 1.165) is 16.5 Å². The third kappa shape index (κ3) is 3.82. The number of rotatable bonds is 4. The molecule has 0 bridgehead atoms. The van der Waals surface area contributed by atoms with Crippen LogP contribution in [-0.4, -0.2) is 24.7 Å². The molecule has 0 aliphatic carbocycles. The van der Waals surface area contributed by atoms with Crippen LogP contribution in [0.15, 0.2) is 42.5 Å². The molecule has 0 aliphatic rings. The molecule has 0 aromatic heterocycles. The molecule has 0 aliphatic heterocycles. The number of benzene rings is 2. The minimum atomic E-state index is -0.312. The predicted octanol–water partition coefficient (Wildman–Crippen LogP) is 4.01. The molecule has 0 spiro atoms. The smallest absolute Gasteiger partial charge is 0.253 e. The Balaban J connectivity index is 2.29. The summed E-state index contributed by atoms with van der Waals surface area (Å²) in [5.74, 6) is -0.0104. The number of ether oxygens (including phenoxy) is 1. The zero-order valence-corrected chi connectivity index (χ0v) is 13.2. The highest BCUT2D eigenvalue weighted by atomic mass is 16.5. The molecule has 2 aromatic carbocycles. The van der Waals surface area contributed by atoms with Crippen LogP contribution in [0.3, 0.4) is 0 Å². The van der Waals surface area contributed by atoms with Crippen molar-refractivity contribution >= 4 is 22.4 Å². The second-order valence-electron chi connectivity index (χ2n) is 6.04. The number of fused-ring (bicyclic) bond motifs is 1. The van der Waals surface area contributed by atoms with Crippen molar-refractivity contribution in [1.29, 1.82) is 0 Å². The first-order valence-corrected chi connectivity index (χ1v) is 7.34. The van der Waals surface area contributed by atoms with Crippen LogP contribution in [-0.2, 0) is 9.53 Å². The normalized spacial score (nSPS) is 11.6. The molecule has 3 heteroatoms. The van der Waals surface area contributed by atoms with Crippen molar-refractivity contribution in [3.63, 3.8) is 0 Å². The van der Waals surface area contributed by atoms with Crippen molar-refractivity contribution in [2.75, 3.05) is 18.1 Å². The summed E-state index contributed by atoms with van der Waals surface area (Å²) in [5.41, 5.74) is 0.631. The van der Waals surface area contributed by atoms with Crippen LogP contribution in [0.25, 0.3) is 10.8 Å². The number of hydrogen-bond acceptors (Lipinski definition) is 2. The molecule has 21 heavy (non-hydrogen) atoms. The second kappa shape index (κ2) is 6.27. The molecule has 2 aromatic rings. The molecule has 0 fully saturated rings. The van der Waals surface area contributed by atoms with Crippen molar-refractivity contribution in [3.05, 3.63) is 42.5 Å². The van der Waals surface area contributed by atoms with E-state index >= 15 is 0 Å². The van der Waals surface area contributed by atoms with Gasteiger partial charge >= 0.3 is 0 Å². The lowest BCUT2D eigenvalue weighted by molar-refractivity contribution is -0.127. The highest BCUT2D eigenvalue weighted by Crippen LogP contribution is 2.26. The number of hydrogen-bond donors (Lipinski definition) is 0. The lowest BCUT2D eigenvalue weighted by atomic mass is 10.1. The van der Waals surface area contributed by atoms with Crippen LogP contribution >= 0.6 is 0 Å². The third-order valence-corrected chi connectivity index (χ3v) is 3.30. The molecule has 0 unspecified atom stereocenters. The molecule has 0 atom stereocenters. The van der Waals surface area contributed by atoms with Gasteiger partial charge in [0.15, 0.2) is 0 Å². The van der Waals surface area contributed by atoms with Gasteiger partial charge in [0.05, 0.1) is 11.3 Å². The fourth-order valence-corrected chi connectivity index (χ4v) is 2.28. The number of likely N-dealkylation sites (N-methyl/N-ethyl adjacent to an activating group) is 1. The first-order valence-electron chi connectivity index (χ1n) is 7.34. The van der Waals surface area contributed by atoms with Gasteiger partial charge in [0.2, 0.25) is 0 Å². The molecule has 3 nitrogen and oxygen atoms in total. The van der Waals surface area contributed by atoms with Gasteiger partial charge in [-0.3, -0.25) is 4.79 Å². The summed E-state index contributed by atoms with van der Waals surface area (Å²) >= 11 is 0. The van der Waals surface area contributed by atoms with Gasteiger partial charge in [0.25, 0.3) is 5.91 Å². The molecule has 0 N–H and O–H groups in total. The van der Waals surface area contributed by atoms with Crippen LogP contribution in [0.5, 0.6) is 0 Å². The molecule has 112 valence electrons. The van der Waals surface area contributed by atoms with Crippen LogP contribution in [0.2, 0.25) is 0 Å². The van der Waals surface area contributed by atoms with Gasteiger partial charge in [-0.15, -0.1) is 0 Å². The number of carbonyl (C=O) groups excluding carboxylic acids is 1. The van der Waals surface area contributed by atoms with Crippen molar-refractivity contribution in [3.8, 4) is 0 Å². The van der Waals surface area contributed by atoms with E-state index in [-0.39, 0.29) is 18.1 Å². The minimum absolute atomic E-state index is 0.0104. The standard InChI is InChI=1S/C18H23NO2/c1-5-19(17(20)13-21-18(2,3)4)16-12-8-10-14-9-6-7-11-15(14)16/h6-12H,5,13H2,1-4H3. The Labute approximate surface area is 126 Å². The maximum Gasteiger partial charge on any atom is 0.253 e. The highest BCUT2D eigenvalue weighted by molar-refractivity contribution is 6.04. The zero-order valence-electron chi connectivity index (χ0n) is 13.2. The average molecular weight is 285 g/mol. The Morgan fingerprint density at radius 2 is 1.76 bits per heavy atom. The van der Waals surface area contributed by atoms with E-state index in [2.05, 4.69) is 12.1 Å². The van der Waals surface area contributed by atoms with Gasteiger partial charge in [-0.05, 0) is 39.1 Å². The molecule has 2 rings (SSSR count). The first-order chi connectivity index (χ1) is 9.92. The fraction of sp³-hybridized carbons (Fsp3) is 0.389. The van der Waals surface area contributed by atoms with Crippen molar-refractivity contribution in [2.24, 2.45) is 0 Å². The van der Waals surface area contributed by atoms with Gasteiger partial charge in [-0.1, -0.05) is 36.4 Å². The van der Waals surface area contributed by atoms with E-state index in [0.29, 0.717) is 6.54 Å². The Kier molecular flexibility index (Phi) is 4.63. The first kappa shape index (κ1) is 15.5. The van der Waals surface area contributed by atoms with E-state index in [1.165, 1.54) is 0 Å². The molecule has 1 amide bonds. The maximum atomic E-state index is 12.5. The van der Waals surface area contributed by atoms with Crippen LogP contribution in [0.1, 0.15) is 27.7 Å². The van der Waals surface area contributed by atoms with Crippen molar-refractivity contribution in [2.45, 2.75) is 33.3 Å². The monoisotopic (exact) mass is 285 g/mol. The third-order valence-electron chi connectivity index (χ3n) is 3.30. The van der Waals surface area contributed by atoms with Crippen LogP contribution in [0, 0.1) is 0 Å². The van der Waals surface area contributed by atoms with E-state index in [4.69, 9.17) is 4.74 Å². The summed E-state index contributed by atoms with van der Waals surface area (Å²) in [6.07, 6.45) is 0. The summed E-state index contributed by atoms with van der Waals surface area (Å²) in [7, 11) is 0. The Morgan fingerprint density at radius 3 is 2.43 bits per heavy atom. The van der Waals surface area contributed by atoms with Crippen molar-refractivity contribution < 1.29 is 9.53 Å². The Bertz CT molecular complexity index is 623. The number of carbonyl (C=O) groups is 1. The average Bonchev–Trinajstić information content (AvgIpc) is 2.45. The molecule has 0 saturated carbocycles. The van der Waals surface area contributed by atoms with E-state index in [9.17, 15) is 4.79 Å². The largest absolute Gasteiger partial charge is 0.366 e. The summed E-state index contributed by atoms with van der Waals surface area (Å²) < 4.78 is 5.62. The van der Waals surface area contributed by atoms with E-state index in [1.54, 1.807) is 4.90 Å². The lowest BCUT2D eigenvalue weighted by Gasteiger charge is -2.25. The molecule has 0 radical (unpaired) electrons. The van der Waals surface area contributed by atoms with Crippen LogP contribution < -0.4 is 4.90 Å². The summed E-state index contributed by atoms with van der Waals surface area (Å²) in [4.78, 5) is 14.3. The van der Waals surface area contributed by atoms with E-state index < -0.39 is 0 Å².